The van der Waals surface area contributed by atoms with E-state index in [1.807, 2.05) is 0 Å². The molecule has 2 atom stereocenters. The molecule has 2 fully saturated rings. The van der Waals surface area contributed by atoms with E-state index in [0.717, 1.165) is 25.3 Å². The predicted octanol–water partition coefficient (Wildman–Crippen LogP) is 2.70. The number of ether oxygens (including phenoxy) is 1. The van der Waals surface area contributed by atoms with E-state index in [1.54, 1.807) is 17.3 Å². The number of hydrogen-bond acceptors (Lipinski definition) is 4. The summed E-state index contributed by atoms with van der Waals surface area (Å²) < 4.78 is 7.70. The summed E-state index contributed by atoms with van der Waals surface area (Å²) in [5, 5.41) is 7.91. The minimum absolute atomic E-state index is 0.427. The molecule has 2 aliphatic rings. The number of hydrogen-bond donors (Lipinski definition) is 1. The Morgan fingerprint density at radius 3 is 2.74 bits per heavy atom. The van der Waals surface area contributed by atoms with Gasteiger partial charge >= 0.3 is 0 Å². The molecule has 2 aliphatic carbocycles. The highest BCUT2D eigenvalue weighted by molar-refractivity contribution is 5.33. The molecule has 1 heterocycles. The predicted molar refractivity (Wildman–Crippen MR) is 88.3 cm³/mol. The highest BCUT2D eigenvalue weighted by atomic mass is 16.5. The minimum Gasteiger partial charge on any atom is -0.378 e. The highest BCUT2D eigenvalue weighted by Crippen LogP contribution is 2.57. The molecule has 2 saturated carbocycles. The first-order valence-electron chi connectivity index (χ1n) is 8.61. The fraction of sp³-hybridized carbons (Fsp3) is 0.556. The molecule has 2 aromatic rings. The molecule has 5 nitrogen and oxygen atoms in total. The van der Waals surface area contributed by atoms with E-state index in [9.17, 15) is 0 Å². The van der Waals surface area contributed by atoms with Gasteiger partial charge in [-0.1, -0.05) is 18.6 Å². The molecular weight excluding hydrogens is 288 g/mol. The van der Waals surface area contributed by atoms with Crippen molar-refractivity contribution in [1.29, 1.82) is 0 Å². The Hall–Kier alpha value is -1.72. The standard InChI is InChI=1S/C18H24N4O/c1-2-23-17-10-16(18(17)8-3-9-18)20-11-14-4-6-15(7-5-14)22-13-19-12-21-22/h4-7,12-13,16-17,20H,2-3,8-11H2,1H3/t16-,17+/m0/s1. The van der Waals surface area contributed by atoms with E-state index >= 15 is 0 Å². The van der Waals surface area contributed by atoms with E-state index in [2.05, 4.69) is 46.6 Å². The Labute approximate surface area is 137 Å². The normalized spacial score (nSPS) is 25.1. The van der Waals surface area contributed by atoms with Gasteiger partial charge in [-0.2, -0.15) is 5.10 Å². The van der Waals surface area contributed by atoms with E-state index < -0.39 is 0 Å². The van der Waals surface area contributed by atoms with Crippen LogP contribution < -0.4 is 5.32 Å². The van der Waals surface area contributed by atoms with Crippen molar-refractivity contribution in [2.24, 2.45) is 5.41 Å². The van der Waals surface area contributed by atoms with Crippen LogP contribution in [0.4, 0.5) is 0 Å². The first-order valence-corrected chi connectivity index (χ1v) is 8.61. The quantitative estimate of drug-likeness (QED) is 0.891. The van der Waals surface area contributed by atoms with Gasteiger partial charge in [-0.3, -0.25) is 0 Å². The monoisotopic (exact) mass is 312 g/mol. The van der Waals surface area contributed by atoms with Gasteiger partial charge in [0.2, 0.25) is 0 Å². The molecule has 1 aromatic carbocycles. The summed E-state index contributed by atoms with van der Waals surface area (Å²) in [4.78, 5) is 3.98. The third kappa shape index (κ3) is 2.58. The van der Waals surface area contributed by atoms with Crippen LogP contribution in [0, 0.1) is 5.41 Å². The van der Waals surface area contributed by atoms with E-state index in [1.165, 1.54) is 24.8 Å². The fourth-order valence-corrected chi connectivity index (χ4v) is 4.07. The Bertz CT molecular complexity index is 634. The van der Waals surface area contributed by atoms with Crippen LogP contribution in [-0.4, -0.2) is 33.5 Å². The molecule has 0 radical (unpaired) electrons. The van der Waals surface area contributed by atoms with Crippen LogP contribution in [0.3, 0.4) is 0 Å². The third-order valence-electron chi connectivity index (χ3n) is 5.61. The molecule has 1 aromatic heterocycles. The summed E-state index contributed by atoms with van der Waals surface area (Å²) in [6.07, 6.45) is 8.91. The maximum Gasteiger partial charge on any atom is 0.138 e. The van der Waals surface area contributed by atoms with Crippen molar-refractivity contribution in [3.05, 3.63) is 42.5 Å². The lowest BCUT2D eigenvalue weighted by Crippen LogP contribution is -2.66. The molecular formula is C18H24N4O. The van der Waals surface area contributed by atoms with Crippen molar-refractivity contribution in [2.75, 3.05) is 6.61 Å². The Kier molecular flexibility index (Phi) is 3.91. The zero-order valence-electron chi connectivity index (χ0n) is 13.6. The van der Waals surface area contributed by atoms with Gasteiger partial charge in [0, 0.05) is 24.6 Å². The van der Waals surface area contributed by atoms with E-state index in [0.29, 0.717) is 17.6 Å². The van der Waals surface area contributed by atoms with Crippen molar-refractivity contribution >= 4 is 0 Å². The van der Waals surface area contributed by atoms with Crippen molar-refractivity contribution in [2.45, 2.75) is 51.3 Å². The van der Waals surface area contributed by atoms with Crippen molar-refractivity contribution in [1.82, 2.24) is 20.1 Å². The van der Waals surface area contributed by atoms with Crippen molar-refractivity contribution < 1.29 is 4.74 Å². The molecule has 1 spiro atoms. The SMILES string of the molecule is CCO[C@@H]1C[C@H](NCc2ccc(-n3cncn3)cc2)C12CCC2. The van der Waals surface area contributed by atoms with Crippen molar-refractivity contribution in [3.63, 3.8) is 0 Å². The summed E-state index contributed by atoms with van der Waals surface area (Å²) >= 11 is 0. The molecule has 1 N–H and O–H groups in total. The highest BCUT2D eigenvalue weighted by Gasteiger charge is 2.58. The summed E-state index contributed by atoms with van der Waals surface area (Å²) in [7, 11) is 0. The molecule has 0 bridgehead atoms. The van der Waals surface area contributed by atoms with Crippen LogP contribution in [-0.2, 0) is 11.3 Å². The maximum absolute atomic E-state index is 5.92. The first kappa shape index (κ1) is 14.8. The molecule has 0 aliphatic heterocycles. The number of aromatic nitrogens is 3. The maximum atomic E-state index is 5.92. The number of benzene rings is 1. The molecule has 23 heavy (non-hydrogen) atoms. The zero-order valence-corrected chi connectivity index (χ0v) is 13.6. The van der Waals surface area contributed by atoms with Gasteiger partial charge in [-0.15, -0.1) is 0 Å². The molecule has 5 heteroatoms. The second-order valence-corrected chi connectivity index (χ2v) is 6.71. The average Bonchev–Trinajstić information content (AvgIpc) is 3.03. The largest absolute Gasteiger partial charge is 0.378 e. The molecule has 122 valence electrons. The van der Waals surface area contributed by atoms with Gasteiger partial charge in [0.15, 0.2) is 0 Å². The summed E-state index contributed by atoms with van der Waals surface area (Å²) in [5.74, 6) is 0. The molecule has 0 saturated heterocycles. The minimum atomic E-state index is 0.427. The zero-order chi connectivity index (χ0) is 15.7. The van der Waals surface area contributed by atoms with Gasteiger partial charge in [0.05, 0.1) is 11.8 Å². The van der Waals surface area contributed by atoms with Gasteiger partial charge in [-0.05, 0) is 43.9 Å². The lowest BCUT2D eigenvalue weighted by molar-refractivity contribution is -0.173. The second kappa shape index (κ2) is 6.06. The van der Waals surface area contributed by atoms with Crippen LogP contribution in [0.1, 0.15) is 38.2 Å². The number of nitrogens with zero attached hydrogens (tertiary/aromatic N) is 3. The van der Waals surface area contributed by atoms with Gasteiger partial charge in [-0.25, -0.2) is 9.67 Å². The van der Waals surface area contributed by atoms with Crippen LogP contribution in [0.5, 0.6) is 0 Å². The lowest BCUT2D eigenvalue weighted by atomic mass is 9.51. The fourth-order valence-electron chi connectivity index (χ4n) is 4.07. The topological polar surface area (TPSA) is 52.0 Å². The second-order valence-electron chi connectivity index (χ2n) is 6.71. The van der Waals surface area contributed by atoms with Crippen LogP contribution in [0.25, 0.3) is 5.69 Å². The van der Waals surface area contributed by atoms with Crippen LogP contribution in [0.15, 0.2) is 36.9 Å². The molecule has 0 unspecified atom stereocenters. The Morgan fingerprint density at radius 1 is 1.30 bits per heavy atom. The summed E-state index contributed by atoms with van der Waals surface area (Å²) in [6.45, 7) is 3.86. The van der Waals surface area contributed by atoms with E-state index in [4.69, 9.17) is 4.74 Å². The van der Waals surface area contributed by atoms with Crippen LogP contribution >= 0.6 is 0 Å². The first-order chi connectivity index (χ1) is 11.3. The van der Waals surface area contributed by atoms with Crippen molar-refractivity contribution in [3.8, 4) is 5.69 Å². The number of rotatable bonds is 6. The lowest BCUT2D eigenvalue weighted by Gasteiger charge is -2.61. The van der Waals surface area contributed by atoms with Gasteiger partial charge in [0.25, 0.3) is 0 Å². The average molecular weight is 312 g/mol. The van der Waals surface area contributed by atoms with Gasteiger partial charge < -0.3 is 10.1 Å². The summed E-state index contributed by atoms with van der Waals surface area (Å²) in [6, 6.07) is 9.12. The molecule has 4 rings (SSSR count). The number of nitrogens with one attached hydrogen (secondary N) is 1. The Morgan fingerprint density at radius 2 is 2.13 bits per heavy atom. The van der Waals surface area contributed by atoms with Gasteiger partial charge in [0.1, 0.15) is 12.7 Å². The Balaban J connectivity index is 1.35. The smallest absolute Gasteiger partial charge is 0.138 e. The van der Waals surface area contributed by atoms with Crippen LogP contribution in [0.2, 0.25) is 0 Å². The third-order valence-corrected chi connectivity index (χ3v) is 5.61. The molecule has 0 amide bonds. The van der Waals surface area contributed by atoms with E-state index in [-0.39, 0.29) is 0 Å². The summed E-state index contributed by atoms with van der Waals surface area (Å²) in [5.41, 5.74) is 2.78.